The molecule has 100 valence electrons. The van der Waals surface area contributed by atoms with Crippen LogP contribution in [0.15, 0.2) is 0 Å². The number of rotatable bonds is 7. The van der Waals surface area contributed by atoms with Crippen molar-refractivity contribution in [2.24, 2.45) is 5.92 Å². The van der Waals surface area contributed by atoms with Crippen LogP contribution in [0.25, 0.3) is 0 Å². The fraction of sp³-hybridized carbons (Fsp3) is 1.00. The number of epoxide rings is 1. The first-order chi connectivity index (χ1) is 8.23. The lowest BCUT2D eigenvalue weighted by Crippen LogP contribution is -2.39. The molecule has 1 aliphatic heterocycles. The van der Waals surface area contributed by atoms with Gasteiger partial charge in [0.05, 0.1) is 18.8 Å². The van der Waals surface area contributed by atoms with Crippen molar-refractivity contribution in [1.82, 2.24) is 0 Å². The highest BCUT2D eigenvalue weighted by atomic mass is 17.0. The molecule has 0 aromatic carbocycles. The molecule has 0 radical (unpaired) electrons. The van der Waals surface area contributed by atoms with Gasteiger partial charge in [-0.15, -0.1) is 0 Å². The van der Waals surface area contributed by atoms with E-state index in [1.807, 2.05) is 0 Å². The van der Waals surface area contributed by atoms with Crippen LogP contribution in [0.1, 0.15) is 25.7 Å². The van der Waals surface area contributed by atoms with Crippen LogP contribution in [-0.4, -0.2) is 46.3 Å². The summed E-state index contributed by atoms with van der Waals surface area (Å²) < 4.78 is 26.2. The minimum Gasteiger partial charge on any atom is -0.370 e. The summed E-state index contributed by atoms with van der Waals surface area (Å²) in [5.41, 5.74) is 0. The third-order valence-electron chi connectivity index (χ3n) is 3.67. The summed E-state index contributed by atoms with van der Waals surface area (Å²) in [6, 6.07) is 0. The second-order valence-electron chi connectivity index (χ2n) is 4.64. The summed E-state index contributed by atoms with van der Waals surface area (Å²) in [5, 5.41) is 0. The molecule has 2 fully saturated rings. The van der Waals surface area contributed by atoms with Gasteiger partial charge in [-0.25, -0.2) is 0 Å². The average Bonchev–Trinajstić information content (AvgIpc) is 3.14. The van der Waals surface area contributed by atoms with Crippen molar-refractivity contribution in [3.8, 4) is 0 Å². The Kier molecular flexibility index (Phi) is 4.38. The van der Waals surface area contributed by atoms with Crippen molar-refractivity contribution in [2.45, 2.75) is 44.1 Å². The maximum absolute atomic E-state index is 5.52. The zero-order chi connectivity index (χ0) is 12.3. The van der Waals surface area contributed by atoms with Crippen LogP contribution in [0.3, 0.4) is 0 Å². The Labute approximate surface area is 102 Å². The average molecular weight is 246 g/mol. The van der Waals surface area contributed by atoms with Gasteiger partial charge < -0.3 is 23.7 Å². The van der Waals surface area contributed by atoms with Gasteiger partial charge in [-0.1, -0.05) is 0 Å². The molecule has 0 aromatic heterocycles. The van der Waals surface area contributed by atoms with Crippen molar-refractivity contribution in [1.29, 1.82) is 0 Å². The lowest BCUT2D eigenvalue weighted by Gasteiger charge is -2.28. The fourth-order valence-electron chi connectivity index (χ4n) is 2.53. The first-order valence-electron chi connectivity index (χ1n) is 6.18. The number of methoxy groups -OCH3 is 3. The summed E-state index contributed by atoms with van der Waals surface area (Å²) in [6.45, 7) is 0.567. The van der Waals surface area contributed by atoms with Crippen LogP contribution in [-0.2, 0) is 23.7 Å². The molecule has 17 heavy (non-hydrogen) atoms. The van der Waals surface area contributed by atoms with Crippen LogP contribution in [0.4, 0.5) is 0 Å². The lowest BCUT2D eigenvalue weighted by atomic mass is 9.87. The molecule has 5 heteroatoms. The highest BCUT2D eigenvalue weighted by Gasteiger charge is 2.43. The molecule has 3 unspecified atom stereocenters. The maximum atomic E-state index is 5.52. The summed E-state index contributed by atoms with van der Waals surface area (Å²) in [5.74, 6) is 0.682. The Hall–Kier alpha value is -0.200. The van der Waals surface area contributed by atoms with Gasteiger partial charge in [-0.3, -0.25) is 0 Å². The monoisotopic (exact) mass is 246 g/mol. The number of fused-ring (bicyclic) bond motifs is 1. The summed E-state index contributed by atoms with van der Waals surface area (Å²) in [7, 11) is 4.49. The Morgan fingerprint density at radius 3 is 2.35 bits per heavy atom. The van der Waals surface area contributed by atoms with E-state index < -0.39 is 6.16 Å². The molecule has 0 aromatic rings. The van der Waals surface area contributed by atoms with Crippen molar-refractivity contribution in [2.75, 3.05) is 27.9 Å². The Morgan fingerprint density at radius 1 is 1.06 bits per heavy atom. The van der Waals surface area contributed by atoms with E-state index in [1.54, 1.807) is 0 Å². The Bertz CT molecular complexity index is 233. The molecular weight excluding hydrogens is 224 g/mol. The van der Waals surface area contributed by atoms with E-state index >= 15 is 0 Å². The van der Waals surface area contributed by atoms with Gasteiger partial charge in [0.1, 0.15) is 0 Å². The topological polar surface area (TPSA) is 49.5 Å². The molecule has 0 bridgehead atoms. The number of ether oxygens (including phenoxy) is 5. The van der Waals surface area contributed by atoms with Crippen molar-refractivity contribution < 1.29 is 23.7 Å². The predicted molar refractivity (Wildman–Crippen MR) is 60.3 cm³/mol. The molecule has 1 aliphatic carbocycles. The smallest absolute Gasteiger partial charge is 0.370 e. The van der Waals surface area contributed by atoms with Crippen molar-refractivity contribution in [3.63, 3.8) is 0 Å². The van der Waals surface area contributed by atoms with E-state index in [4.69, 9.17) is 23.7 Å². The summed E-state index contributed by atoms with van der Waals surface area (Å²) >= 11 is 0. The predicted octanol–water partition coefficient (Wildman–Crippen LogP) is 1.51. The Morgan fingerprint density at radius 2 is 1.76 bits per heavy atom. The zero-order valence-electron chi connectivity index (χ0n) is 10.8. The van der Waals surface area contributed by atoms with E-state index in [0.717, 1.165) is 12.8 Å². The fourth-order valence-corrected chi connectivity index (χ4v) is 2.53. The molecule has 2 rings (SSSR count). The van der Waals surface area contributed by atoms with Gasteiger partial charge in [0.25, 0.3) is 0 Å². The van der Waals surface area contributed by atoms with E-state index in [0.29, 0.717) is 24.7 Å². The summed E-state index contributed by atoms with van der Waals surface area (Å²) in [4.78, 5) is 0. The number of hydrogen-bond donors (Lipinski definition) is 0. The van der Waals surface area contributed by atoms with Crippen LogP contribution in [0.5, 0.6) is 0 Å². The molecule has 3 atom stereocenters. The summed E-state index contributed by atoms with van der Waals surface area (Å²) in [6.07, 6.45) is 4.30. The third kappa shape index (κ3) is 3.17. The highest BCUT2D eigenvalue weighted by Crippen LogP contribution is 2.40. The van der Waals surface area contributed by atoms with E-state index in [2.05, 4.69) is 0 Å². The first kappa shape index (κ1) is 13.2. The van der Waals surface area contributed by atoms with Gasteiger partial charge in [0, 0.05) is 21.3 Å². The molecular formula is C12H22O5. The molecule has 1 saturated carbocycles. The van der Waals surface area contributed by atoms with Crippen molar-refractivity contribution >= 4 is 0 Å². The highest BCUT2D eigenvalue weighted by molar-refractivity contribution is 4.91. The maximum Gasteiger partial charge on any atom is 0.411 e. The normalized spacial score (nSPS) is 32.3. The Balaban J connectivity index is 1.67. The van der Waals surface area contributed by atoms with Crippen LogP contribution < -0.4 is 0 Å². The molecule has 1 saturated heterocycles. The molecule has 1 heterocycles. The number of hydrogen-bond acceptors (Lipinski definition) is 5. The standard InChI is InChI=1S/C12H22O5/c1-13-12(14-2,15-3)16-7-6-9-4-5-10-11(8-9)17-10/h9-11H,4-8H2,1-3H3. The van der Waals surface area contributed by atoms with Gasteiger partial charge in [-0.05, 0) is 31.6 Å². The molecule has 0 N–H and O–H groups in total. The van der Waals surface area contributed by atoms with Crippen LogP contribution in [0.2, 0.25) is 0 Å². The molecule has 5 nitrogen and oxygen atoms in total. The van der Waals surface area contributed by atoms with E-state index in [-0.39, 0.29) is 0 Å². The van der Waals surface area contributed by atoms with Crippen LogP contribution >= 0.6 is 0 Å². The van der Waals surface area contributed by atoms with Crippen LogP contribution in [0, 0.1) is 5.92 Å². The second-order valence-corrected chi connectivity index (χ2v) is 4.64. The first-order valence-corrected chi connectivity index (χ1v) is 6.18. The quantitative estimate of drug-likeness (QED) is 0.503. The van der Waals surface area contributed by atoms with Gasteiger partial charge in [0.2, 0.25) is 0 Å². The SMILES string of the molecule is COC(OC)(OC)OCCC1CCC2OC2C1. The van der Waals surface area contributed by atoms with Gasteiger partial charge in [0.15, 0.2) is 0 Å². The lowest BCUT2D eigenvalue weighted by molar-refractivity contribution is -0.479. The zero-order valence-corrected chi connectivity index (χ0v) is 10.8. The van der Waals surface area contributed by atoms with E-state index in [1.165, 1.54) is 34.2 Å². The molecule has 0 amide bonds. The van der Waals surface area contributed by atoms with Crippen molar-refractivity contribution in [3.05, 3.63) is 0 Å². The van der Waals surface area contributed by atoms with Gasteiger partial charge >= 0.3 is 6.16 Å². The van der Waals surface area contributed by atoms with Gasteiger partial charge in [-0.2, -0.15) is 0 Å². The second kappa shape index (κ2) is 5.63. The largest absolute Gasteiger partial charge is 0.411 e. The third-order valence-corrected chi connectivity index (χ3v) is 3.67. The van der Waals surface area contributed by atoms with E-state index in [9.17, 15) is 0 Å². The molecule has 0 spiro atoms. The minimum atomic E-state index is -1.35. The minimum absolute atomic E-state index is 0.519. The molecule has 2 aliphatic rings.